The number of hydrogen-bond donors (Lipinski definition) is 0. The molecule has 74 valence electrons. The van der Waals surface area contributed by atoms with Crippen LogP contribution in [-0.2, 0) is 4.74 Å². The predicted octanol–water partition coefficient (Wildman–Crippen LogP) is 2.83. The molecular weight excluding hydrogens is 594 g/mol. The average molecular weight is 616 g/mol. The van der Waals surface area contributed by atoms with E-state index in [0.717, 1.165) is 0 Å². The van der Waals surface area contributed by atoms with Crippen LogP contribution in [-0.4, -0.2) is 14.2 Å². The molecule has 0 aliphatic carbocycles. The van der Waals surface area contributed by atoms with Crippen molar-refractivity contribution in [2.75, 3.05) is 14.2 Å². The third-order valence-corrected chi connectivity index (χ3v) is 0. The van der Waals surface area contributed by atoms with E-state index in [1.165, 1.54) is 0 Å². The molecule has 0 N–H and O–H groups in total. The number of hydrogen-bond acceptors (Lipinski definition) is 1. The van der Waals surface area contributed by atoms with Gasteiger partial charge in [0.05, 0.1) is 0 Å². The molecule has 0 aromatic carbocycles. The first-order chi connectivity index (χ1) is 2.41. The summed E-state index contributed by atoms with van der Waals surface area (Å²) in [5, 5.41) is 0. The third kappa shape index (κ3) is 35.2. The first-order valence-corrected chi connectivity index (χ1v) is 1.82. The van der Waals surface area contributed by atoms with Gasteiger partial charge >= 0.3 is 0 Å². The van der Waals surface area contributed by atoms with Crippen LogP contribution in [0.15, 0.2) is 0 Å². The van der Waals surface area contributed by atoms with Gasteiger partial charge in [-0.15, -0.1) is 0 Å². The van der Waals surface area contributed by atoms with Gasteiger partial charge in [-0.2, -0.15) is 0 Å². The van der Waals surface area contributed by atoms with Crippen molar-refractivity contribution in [1.82, 2.24) is 0 Å². The molecule has 0 aliphatic heterocycles. The minimum Gasteiger partial charge on any atom is -0.388 e. The van der Waals surface area contributed by atoms with E-state index in [-0.39, 0.29) is 22.3 Å². The van der Waals surface area contributed by atoms with E-state index in [0.29, 0.717) is 0 Å². The van der Waals surface area contributed by atoms with E-state index in [2.05, 4.69) is 4.74 Å². The third-order valence-electron chi connectivity index (χ3n) is 0. The van der Waals surface area contributed by atoms with E-state index >= 15 is 0 Å². The zero-order chi connectivity index (χ0) is 4.71. The molecule has 0 spiro atoms. The summed E-state index contributed by atoms with van der Waals surface area (Å²) in [6, 6.07) is 0. The Morgan fingerprint density at radius 1 is 0.800 bits per heavy atom. The Morgan fingerprint density at radius 3 is 0.800 bits per heavy atom. The van der Waals surface area contributed by atoms with E-state index in [1.54, 1.807) is 14.2 Å². The van der Waals surface area contributed by atoms with E-state index in [9.17, 15) is 0 Å². The minimum atomic E-state index is 0. The van der Waals surface area contributed by atoms with E-state index in [4.69, 9.17) is 0 Å². The van der Waals surface area contributed by atoms with Gasteiger partial charge in [-0.05, 0) is 0 Å². The van der Waals surface area contributed by atoms with Crippen molar-refractivity contribution in [1.29, 1.82) is 0 Å². The molecular formula is C7H22Cm2O-2. The molecule has 0 aliphatic rings. The molecule has 0 saturated heterocycles. The molecule has 0 unspecified atom stereocenters. The molecule has 0 aromatic heterocycles. The maximum Gasteiger partial charge on any atom is 0.0351 e. The maximum absolute atomic E-state index is 4.25. The van der Waals surface area contributed by atoms with Crippen molar-refractivity contribution in [3.8, 4) is 0 Å². The molecule has 0 fully saturated rings. The summed E-state index contributed by atoms with van der Waals surface area (Å²) in [4.78, 5) is 0. The van der Waals surface area contributed by atoms with Crippen LogP contribution < -0.4 is 0 Å². The molecule has 0 radical (unpaired) electrons. The fraction of sp³-hybridized carbons (Fsp3) is 0.714. The summed E-state index contributed by atoms with van der Waals surface area (Å²) in [6.45, 7) is 4.00. The first-order valence-electron chi connectivity index (χ1n) is 1.82. The SMILES string of the molecule is C.CC.COC.[CH3-].[CH3-].[Cm].[Cm]. The molecule has 3 heteroatoms. The summed E-state index contributed by atoms with van der Waals surface area (Å²) in [5.74, 6) is 0. The van der Waals surface area contributed by atoms with Gasteiger partial charge in [0.2, 0.25) is 0 Å². The van der Waals surface area contributed by atoms with Crippen molar-refractivity contribution in [3.63, 3.8) is 0 Å². The van der Waals surface area contributed by atoms with Gasteiger partial charge in [0.25, 0.3) is 0 Å². The van der Waals surface area contributed by atoms with Gasteiger partial charge in [-0.25, -0.2) is 0 Å². The first kappa shape index (κ1) is 418. The fourth-order valence-corrected chi connectivity index (χ4v) is 0. The van der Waals surface area contributed by atoms with Crippen LogP contribution in [0.25, 0.3) is 0 Å². The topological polar surface area (TPSA) is 9.23 Å². The second-order valence-electron chi connectivity index (χ2n) is 0.408. The Bertz CT molecular complexity index is 11.6. The molecule has 0 saturated carbocycles. The van der Waals surface area contributed by atoms with Gasteiger partial charge in [-0.3, -0.25) is 0 Å². The smallest absolute Gasteiger partial charge is 0.0351 e. The standard InChI is InChI=1S/C2H6O.C2H6.CH4.2CH3.2Cm/c1-3-2;1-2;;;;;/h1-2H3;1-2H3;1H4;2*1H3;;/q;;;2*-1;;. The number of rotatable bonds is 0. The Morgan fingerprint density at radius 2 is 0.800 bits per heavy atom. The summed E-state index contributed by atoms with van der Waals surface area (Å²) in [6.07, 6.45) is 0. The van der Waals surface area contributed by atoms with Gasteiger partial charge < -0.3 is 19.6 Å². The normalized spacial score (nSPS) is 2.40. The Hall–Kier alpha value is -2.04. The summed E-state index contributed by atoms with van der Waals surface area (Å²) < 4.78 is 4.25. The van der Waals surface area contributed by atoms with Crippen LogP contribution in [0.1, 0.15) is 21.3 Å². The fourth-order valence-electron chi connectivity index (χ4n) is 0. The van der Waals surface area contributed by atoms with Gasteiger partial charge in [-0.1, -0.05) is 21.3 Å². The molecule has 0 rings (SSSR count). The Balaban J connectivity index is -0.00000000246. The van der Waals surface area contributed by atoms with Crippen molar-refractivity contribution < 1.29 is 4.74 Å². The van der Waals surface area contributed by atoms with E-state index < -0.39 is 0 Å². The molecule has 0 aromatic rings. The average Bonchev–Trinajstić information content (AvgIpc) is 1.46. The van der Waals surface area contributed by atoms with Crippen LogP contribution in [0.5, 0.6) is 0 Å². The summed E-state index contributed by atoms with van der Waals surface area (Å²) in [7, 11) is 3.25. The second-order valence-corrected chi connectivity index (χ2v) is 0.408. The summed E-state index contributed by atoms with van der Waals surface area (Å²) >= 11 is 0. The molecule has 1 nitrogen and oxygen atoms in total. The minimum absolute atomic E-state index is 0. The van der Waals surface area contributed by atoms with Crippen LogP contribution in [0.4, 0.5) is 0 Å². The molecule has 0 heterocycles. The molecule has 10 heavy (non-hydrogen) atoms. The van der Waals surface area contributed by atoms with Crippen molar-refractivity contribution in [2.24, 2.45) is 0 Å². The van der Waals surface area contributed by atoms with Gasteiger partial charge in [0, 0.05) is 14.2 Å². The zero-order valence-corrected chi connectivity index (χ0v) is 13.0. The van der Waals surface area contributed by atoms with Crippen molar-refractivity contribution in [3.05, 3.63) is 14.9 Å². The number of methoxy groups -OCH3 is 1. The Labute approximate surface area is 56.1 Å². The van der Waals surface area contributed by atoms with Gasteiger partial charge in [0.15, 0.2) is 0 Å². The van der Waals surface area contributed by atoms with Crippen molar-refractivity contribution >= 4 is 0 Å². The zero-order valence-electron chi connectivity index (χ0n) is 7.12. The van der Waals surface area contributed by atoms with Crippen LogP contribution >= 0.6 is 0 Å². The monoisotopic (exact) mass is 608 g/mol. The van der Waals surface area contributed by atoms with Crippen LogP contribution in [0, 0.1) is 14.9 Å². The number of ether oxygens (including phenoxy) is 1. The maximum atomic E-state index is 4.25. The predicted molar refractivity (Wildman–Crippen MR) is 43.8 cm³/mol. The second kappa shape index (κ2) is 229. The molecule has 0 amide bonds. The van der Waals surface area contributed by atoms with Crippen molar-refractivity contribution in [2.45, 2.75) is 21.3 Å². The quantitative estimate of drug-likeness (QED) is 0.381. The largest absolute Gasteiger partial charge is 0.388 e. The van der Waals surface area contributed by atoms with E-state index in [1.807, 2.05) is 13.8 Å². The van der Waals surface area contributed by atoms with Crippen LogP contribution in [0.2, 0.25) is 0 Å². The van der Waals surface area contributed by atoms with Gasteiger partial charge in [0.1, 0.15) is 0 Å². The van der Waals surface area contributed by atoms with Crippen LogP contribution in [0.3, 0.4) is 0 Å². The summed E-state index contributed by atoms with van der Waals surface area (Å²) in [5.41, 5.74) is 0. The molecule has 0 bridgehead atoms. The Kier molecular flexibility index (Phi) is 9560. The molecule has 0 atom stereocenters.